The second kappa shape index (κ2) is 4.80. The molecule has 1 aliphatic heterocycles. The Balaban J connectivity index is 2.15. The number of hydrogen-bond acceptors (Lipinski definition) is 2. The molecular weight excluding hydrogens is 174 g/mol. The molecule has 1 heterocycles. The summed E-state index contributed by atoms with van der Waals surface area (Å²) in [7, 11) is 0. The Morgan fingerprint density at radius 1 is 1.00 bits per heavy atom. The van der Waals surface area contributed by atoms with Crippen molar-refractivity contribution in [3.8, 4) is 0 Å². The van der Waals surface area contributed by atoms with Crippen LogP contribution in [0.15, 0.2) is 35.5 Å². The molecule has 0 fully saturated rings. The molecule has 1 aromatic rings. The van der Waals surface area contributed by atoms with Crippen molar-refractivity contribution in [3.63, 3.8) is 0 Å². The summed E-state index contributed by atoms with van der Waals surface area (Å²) < 4.78 is 0. The van der Waals surface area contributed by atoms with Crippen LogP contribution in [0.2, 0.25) is 0 Å². The molecule has 14 heavy (non-hydrogen) atoms. The molecule has 0 saturated heterocycles. The molecule has 0 aliphatic carbocycles. The first kappa shape index (κ1) is 9.25. The third-order valence-corrected chi connectivity index (χ3v) is 2.43. The van der Waals surface area contributed by atoms with E-state index < -0.39 is 0 Å². The van der Waals surface area contributed by atoms with Crippen molar-refractivity contribution in [2.45, 2.75) is 25.7 Å². The molecule has 2 rings (SSSR count). The van der Waals surface area contributed by atoms with Gasteiger partial charge in [0, 0.05) is 0 Å². The minimum atomic E-state index is 0.760. The second-order valence-corrected chi connectivity index (χ2v) is 3.55. The Morgan fingerprint density at radius 2 is 1.86 bits per heavy atom. The normalized spacial score (nSPS) is 21.3. The lowest BCUT2D eigenvalue weighted by atomic mass is 10.0. The van der Waals surface area contributed by atoms with Crippen LogP contribution in [0.25, 0.3) is 0 Å². The van der Waals surface area contributed by atoms with Crippen molar-refractivity contribution in [1.82, 2.24) is 0 Å². The topological polar surface area (TPSA) is 21.6 Å². The lowest BCUT2D eigenvalue weighted by molar-refractivity contribution is 0.136. The van der Waals surface area contributed by atoms with Gasteiger partial charge in [0.15, 0.2) is 0 Å². The van der Waals surface area contributed by atoms with Gasteiger partial charge in [0.2, 0.25) is 0 Å². The fourth-order valence-electron chi connectivity index (χ4n) is 1.63. The van der Waals surface area contributed by atoms with Crippen LogP contribution in [-0.2, 0) is 4.84 Å². The van der Waals surface area contributed by atoms with E-state index in [2.05, 4.69) is 17.3 Å². The van der Waals surface area contributed by atoms with Crippen molar-refractivity contribution in [2.24, 2.45) is 5.16 Å². The lowest BCUT2D eigenvalue weighted by Crippen LogP contribution is -2.05. The maximum Gasteiger partial charge on any atom is 0.117 e. The zero-order valence-corrected chi connectivity index (χ0v) is 8.28. The summed E-state index contributed by atoms with van der Waals surface area (Å²) >= 11 is 0. The van der Waals surface area contributed by atoms with Crippen LogP contribution in [0.1, 0.15) is 31.2 Å². The molecular formula is C12H15NO. The highest BCUT2D eigenvalue weighted by Crippen LogP contribution is 2.12. The minimum Gasteiger partial charge on any atom is -0.396 e. The van der Waals surface area contributed by atoms with Gasteiger partial charge in [-0.05, 0) is 31.2 Å². The zero-order valence-electron chi connectivity index (χ0n) is 8.28. The fraction of sp³-hybridized carbons (Fsp3) is 0.417. The molecule has 0 unspecified atom stereocenters. The van der Waals surface area contributed by atoms with Crippen LogP contribution in [-0.4, -0.2) is 12.3 Å². The Labute approximate surface area is 84.6 Å². The Hall–Kier alpha value is -1.31. The van der Waals surface area contributed by atoms with E-state index in [4.69, 9.17) is 4.84 Å². The molecule has 0 N–H and O–H groups in total. The SMILES string of the molecule is c1ccc(/C2=N/OCCCCC2)cc1. The lowest BCUT2D eigenvalue weighted by Gasteiger charge is -2.10. The van der Waals surface area contributed by atoms with E-state index in [9.17, 15) is 0 Å². The first-order valence-electron chi connectivity index (χ1n) is 5.21. The first-order chi connectivity index (χ1) is 6.97. The molecule has 0 atom stereocenters. The molecule has 1 aromatic carbocycles. The van der Waals surface area contributed by atoms with E-state index in [0.717, 1.165) is 25.2 Å². The maximum atomic E-state index is 5.23. The van der Waals surface area contributed by atoms with Gasteiger partial charge in [-0.15, -0.1) is 0 Å². The van der Waals surface area contributed by atoms with Crippen LogP contribution >= 0.6 is 0 Å². The molecule has 2 heteroatoms. The predicted octanol–water partition coefficient (Wildman–Crippen LogP) is 2.98. The highest BCUT2D eigenvalue weighted by atomic mass is 16.6. The molecule has 0 amide bonds. The Bertz CT molecular complexity index is 305. The molecule has 0 radical (unpaired) electrons. The summed E-state index contributed by atoms with van der Waals surface area (Å²) in [5.41, 5.74) is 2.28. The van der Waals surface area contributed by atoms with Crippen LogP contribution < -0.4 is 0 Å². The van der Waals surface area contributed by atoms with E-state index >= 15 is 0 Å². The van der Waals surface area contributed by atoms with Crippen molar-refractivity contribution in [1.29, 1.82) is 0 Å². The highest BCUT2D eigenvalue weighted by Gasteiger charge is 2.06. The summed E-state index contributed by atoms with van der Waals surface area (Å²) in [4.78, 5) is 5.23. The molecule has 2 nitrogen and oxygen atoms in total. The van der Waals surface area contributed by atoms with Crippen LogP contribution in [0.5, 0.6) is 0 Å². The van der Waals surface area contributed by atoms with Gasteiger partial charge < -0.3 is 4.84 Å². The minimum absolute atomic E-state index is 0.760. The van der Waals surface area contributed by atoms with Gasteiger partial charge in [0.05, 0.1) is 5.71 Å². The average molecular weight is 189 g/mol. The number of rotatable bonds is 1. The van der Waals surface area contributed by atoms with Gasteiger partial charge in [-0.25, -0.2) is 0 Å². The summed E-state index contributed by atoms with van der Waals surface area (Å²) in [6.07, 6.45) is 4.62. The third-order valence-electron chi connectivity index (χ3n) is 2.43. The Morgan fingerprint density at radius 3 is 2.71 bits per heavy atom. The second-order valence-electron chi connectivity index (χ2n) is 3.55. The molecule has 0 aromatic heterocycles. The van der Waals surface area contributed by atoms with Crippen molar-refractivity contribution in [2.75, 3.05) is 6.61 Å². The standard InChI is InChI=1S/C12H15NO/c1-3-7-11(8-4-1)12-9-5-2-6-10-14-13-12/h1,3-4,7-8H,2,5-6,9-10H2/b13-12+. The first-order valence-corrected chi connectivity index (χ1v) is 5.21. The largest absolute Gasteiger partial charge is 0.396 e. The quantitative estimate of drug-likeness (QED) is 0.665. The molecule has 74 valence electrons. The van der Waals surface area contributed by atoms with Crippen molar-refractivity contribution < 1.29 is 4.84 Å². The van der Waals surface area contributed by atoms with E-state index in [1.54, 1.807) is 0 Å². The van der Waals surface area contributed by atoms with Gasteiger partial charge in [0.1, 0.15) is 6.61 Å². The van der Waals surface area contributed by atoms with E-state index in [-0.39, 0.29) is 0 Å². The summed E-state index contributed by atoms with van der Waals surface area (Å²) in [6.45, 7) is 0.760. The monoisotopic (exact) mass is 189 g/mol. The van der Waals surface area contributed by atoms with Crippen LogP contribution in [0, 0.1) is 0 Å². The molecule has 0 bridgehead atoms. The average Bonchev–Trinajstić information content (AvgIpc) is 2.18. The summed E-state index contributed by atoms with van der Waals surface area (Å²) in [5.74, 6) is 0. The van der Waals surface area contributed by atoms with Gasteiger partial charge in [-0.2, -0.15) is 0 Å². The number of benzene rings is 1. The summed E-state index contributed by atoms with van der Waals surface area (Å²) in [5, 5.41) is 4.17. The van der Waals surface area contributed by atoms with Crippen LogP contribution in [0.3, 0.4) is 0 Å². The van der Waals surface area contributed by atoms with E-state index in [0.29, 0.717) is 0 Å². The third kappa shape index (κ3) is 2.34. The maximum absolute atomic E-state index is 5.23. The highest BCUT2D eigenvalue weighted by molar-refractivity contribution is 6.00. The van der Waals surface area contributed by atoms with Gasteiger partial charge >= 0.3 is 0 Å². The van der Waals surface area contributed by atoms with E-state index in [1.165, 1.54) is 18.4 Å². The van der Waals surface area contributed by atoms with Gasteiger partial charge in [-0.3, -0.25) is 0 Å². The van der Waals surface area contributed by atoms with Crippen LogP contribution in [0.4, 0.5) is 0 Å². The zero-order chi connectivity index (χ0) is 9.64. The Kier molecular flexibility index (Phi) is 3.17. The number of nitrogens with zero attached hydrogens (tertiary/aromatic N) is 1. The smallest absolute Gasteiger partial charge is 0.117 e. The molecule has 0 saturated carbocycles. The van der Waals surface area contributed by atoms with Crippen molar-refractivity contribution in [3.05, 3.63) is 35.9 Å². The predicted molar refractivity (Wildman–Crippen MR) is 57.4 cm³/mol. The van der Waals surface area contributed by atoms with E-state index in [1.807, 2.05) is 18.2 Å². The van der Waals surface area contributed by atoms with Gasteiger partial charge in [0.25, 0.3) is 0 Å². The molecule has 0 spiro atoms. The number of hydrogen-bond donors (Lipinski definition) is 0. The number of oxime groups is 1. The molecule has 1 aliphatic rings. The van der Waals surface area contributed by atoms with Crippen molar-refractivity contribution >= 4 is 5.71 Å². The fourth-order valence-corrected chi connectivity index (χ4v) is 1.63. The summed E-state index contributed by atoms with van der Waals surface area (Å²) in [6, 6.07) is 10.3. The van der Waals surface area contributed by atoms with Gasteiger partial charge in [-0.1, -0.05) is 35.5 Å².